The monoisotopic (exact) mass is 162 g/mol. The van der Waals surface area contributed by atoms with E-state index in [4.69, 9.17) is 10.8 Å². The third-order valence-corrected chi connectivity index (χ3v) is 1.21. The van der Waals surface area contributed by atoms with E-state index in [1.807, 2.05) is 0 Å². The van der Waals surface area contributed by atoms with E-state index < -0.39 is 12.0 Å². The maximum atomic E-state index is 10.5. The number of nitrogens with one attached hydrogen (secondary N) is 1. The molecule has 0 saturated heterocycles. The molecule has 0 aromatic rings. The number of hydrazine groups is 1. The van der Waals surface area contributed by atoms with Gasteiger partial charge in [0.1, 0.15) is 6.04 Å². The Bertz CT molecular complexity index is 130. The lowest BCUT2D eigenvalue weighted by atomic mass is 10.2. The molecule has 6 heteroatoms. The summed E-state index contributed by atoms with van der Waals surface area (Å²) in [6, 6.07) is -0.959. The normalized spacial score (nSPS) is 13.5. The van der Waals surface area contributed by atoms with E-state index in [1.165, 1.54) is 7.05 Å². The number of nitrogens with zero attached hydrogens (tertiary/aromatic N) is 1. The van der Waals surface area contributed by atoms with Gasteiger partial charge >= 0.3 is 5.97 Å². The van der Waals surface area contributed by atoms with Gasteiger partial charge in [-0.05, 0) is 13.5 Å². The highest BCUT2D eigenvalue weighted by Crippen LogP contribution is 1.89. The summed E-state index contributed by atoms with van der Waals surface area (Å²) in [5, 5.41) is 19.3. The molecule has 4 N–H and O–H groups in total. The first-order valence-corrected chi connectivity index (χ1v) is 3.18. The highest BCUT2D eigenvalue weighted by atomic mass is 16.5. The largest absolute Gasteiger partial charge is 0.772 e. The smallest absolute Gasteiger partial charge is 0.320 e. The zero-order valence-electron chi connectivity index (χ0n) is 6.28. The molecule has 0 aromatic carbocycles. The van der Waals surface area contributed by atoms with Crippen molar-refractivity contribution in [3.05, 3.63) is 5.21 Å². The Hall–Kier alpha value is -0.690. The zero-order chi connectivity index (χ0) is 8.85. The summed E-state index contributed by atoms with van der Waals surface area (Å²) in [5.74, 6) is -1.09. The van der Waals surface area contributed by atoms with Gasteiger partial charge in [-0.25, -0.2) is 0 Å². The number of hydroxylamine groups is 1. The number of nitrogens with two attached hydrogens (primary N) is 1. The number of carbonyl (C=O) groups is 1. The van der Waals surface area contributed by atoms with Crippen LogP contribution in [0.25, 0.3) is 0 Å². The third kappa shape index (κ3) is 4.68. The summed E-state index contributed by atoms with van der Waals surface area (Å²) < 4.78 is 0. The molecule has 66 valence electrons. The molecule has 0 fully saturated rings. The number of hydrogen-bond acceptors (Lipinski definition) is 5. The summed E-state index contributed by atoms with van der Waals surface area (Å²) in [7, 11) is 1.46. The maximum absolute atomic E-state index is 10.5. The summed E-state index contributed by atoms with van der Waals surface area (Å²) in [5.41, 5.74) is 7.42. The van der Waals surface area contributed by atoms with Gasteiger partial charge in [0.25, 0.3) is 0 Å². The predicted molar refractivity (Wildman–Crippen MR) is 39.4 cm³/mol. The van der Waals surface area contributed by atoms with Gasteiger partial charge in [-0.1, -0.05) is 0 Å². The van der Waals surface area contributed by atoms with Crippen LogP contribution in [0.1, 0.15) is 6.42 Å². The predicted octanol–water partition coefficient (Wildman–Crippen LogP) is -1.28. The Morgan fingerprint density at radius 1 is 1.91 bits per heavy atom. The number of hydrogen-bond donors (Lipinski definition) is 3. The first-order valence-electron chi connectivity index (χ1n) is 3.18. The number of carboxylic acid groups (broad SMARTS) is 1. The van der Waals surface area contributed by atoms with Crippen molar-refractivity contribution in [3.8, 4) is 0 Å². The van der Waals surface area contributed by atoms with Crippen molar-refractivity contribution in [1.29, 1.82) is 0 Å². The van der Waals surface area contributed by atoms with Crippen LogP contribution >= 0.6 is 0 Å². The Morgan fingerprint density at radius 2 is 2.45 bits per heavy atom. The molecule has 0 spiro atoms. The second-order valence-electron chi connectivity index (χ2n) is 2.06. The van der Waals surface area contributed by atoms with Crippen LogP contribution in [-0.2, 0) is 4.79 Å². The Balaban J connectivity index is 3.45. The minimum Gasteiger partial charge on any atom is -0.772 e. The summed E-state index contributed by atoms with van der Waals surface area (Å²) in [4.78, 5) is 10.1. The zero-order valence-corrected chi connectivity index (χ0v) is 6.28. The van der Waals surface area contributed by atoms with Gasteiger partial charge < -0.3 is 21.2 Å². The van der Waals surface area contributed by atoms with Crippen LogP contribution in [0, 0.1) is 5.21 Å². The summed E-state index contributed by atoms with van der Waals surface area (Å²) >= 11 is 0. The molecule has 0 aliphatic carbocycles. The van der Waals surface area contributed by atoms with E-state index in [-0.39, 0.29) is 13.0 Å². The minimum absolute atomic E-state index is 0.0734. The maximum Gasteiger partial charge on any atom is 0.320 e. The van der Waals surface area contributed by atoms with Crippen LogP contribution < -0.4 is 11.2 Å². The molecule has 0 radical (unpaired) electrons. The first-order chi connectivity index (χ1) is 5.07. The van der Waals surface area contributed by atoms with Crippen molar-refractivity contribution < 1.29 is 9.90 Å². The van der Waals surface area contributed by atoms with Gasteiger partial charge in [-0.2, -0.15) is 0 Å². The molecule has 6 nitrogen and oxygen atoms in total. The van der Waals surface area contributed by atoms with Gasteiger partial charge in [0, 0.05) is 6.54 Å². The van der Waals surface area contributed by atoms with Crippen molar-refractivity contribution in [2.24, 2.45) is 5.73 Å². The van der Waals surface area contributed by atoms with Gasteiger partial charge in [-0.3, -0.25) is 10.2 Å². The van der Waals surface area contributed by atoms with E-state index in [0.717, 1.165) is 0 Å². The molecule has 0 saturated carbocycles. The van der Waals surface area contributed by atoms with Crippen molar-refractivity contribution in [2.75, 3.05) is 13.6 Å². The van der Waals surface area contributed by atoms with Gasteiger partial charge in [0.05, 0.1) is 0 Å². The van der Waals surface area contributed by atoms with Gasteiger partial charge in [0.15, 0.2) is 0 Å². The van der Waals surface area contributed by atoms with E-state index >= 15 is 0 Å². The van der Waals surface area contributed by atoms with E-state index in [2.05, 4.69) is 5.43 Å². The molecular weight excluding hydrogens is 150 g/mol. The SMILES string of the molecule is CNN([O-])CC[C@H](N)C(=O)O. The van der Waals surface area contributed by atoms with E-state index in [0.29, 0.717) is 5.17 Å². The molecule has 0 unspecified atom stereocenters. The fourth-order valence-electron chi connectivity index (χ4n) is 0.492. The van der Waals surface area contributed by atoms with Crippen molar-refractivity contribution in [2.45, 2.75) is 12.5 Å². The molecule has 0 aliphatic rings. The van der Waals surface area contributed by atoms with Crippen molar-refractivity contribution in [3.63, 3.8) is 0 Å². The van der Waals surface area contributed by atoms with Crippen molar-refractivity contribution >= 4 is 5.97 Å². The molecule has 11 heavy (non-hydrogen) atoms. The topological polar surface area (TPSA) is 102 Å². The minimum atomic E-state index is -1.09. The molecule has 0 rings (SSSR count). The second kappa shape index (κ2) is 5.03. The van der Waals surface area contributed by atoms with Crippen LogP contribution in [0.15, 0.2) is 0 Å². The quantitative estimate of drug-likeness (QED) is 0.435. The highest BCUT2D eigenvalue weighted by molar-refractivity contribution is 5.72. The highest BCUT2D eigenvalue weighted by Gasteiger charge is 2.09. The number of rotatable bonds is 5. The fourth-order valence-corrected chi connectivity index (χ4v) is 0.492. The lowest BCUT2D eigenvalue weighted by Crippen LogP contribution is -2.37. The first kappa shape index (κ1) is 10.3. The van der Waals surface area contributed by atoms with Gasteiger partial charge in [0.2, 0.25) is 0 Å². The average molecular weight is 162 g/mol. The standard InChI is InChI=1S/C5H12N3O3/c1-7-8(11)3-2-4(6)5(9)10/h4,7H,2-3,6H2,1H3,(H,9,10)/q-1/t4-/m0/s1. The lowest BCUT2D eigenvalue weighted by Gasteiger charge is -2.26. The second-order valence-corrected chi connectivity index (χ2v) is 2.06. The average Bonchev–Trinajstić information content (AvgIpc) is 1.99. The fraction of sp³-hybridized carbons (Fsp3) is 0.800. The van der Waals surface area contributed by atoms with E-state index in [9.17, 15) is 10.0 Å². The molecule has 0 aliphatic heterocycles. The van der Waals surface area contributed by atoms with E-state index in [1.54, 1.807) is 0 Å². The number of carboxylic acids is 1. The van der Waals surface area contributed by atoms with Crippen LogP contribution in [-0.4, -0.2) is 35.9 Å². The molecule has 0 heterocycles. The molecule has 1 atom stereocenters. The molecule has 0 amide bonds. The lowest BCUT2D eigenvalue weighted by molar-refractivity contribution is -0.138. The molecule has 0 bridgehead atoms. The number of aliphatic carboxylic acids is 1. The Morgan fingerprint density at radius 3 is 2.82 bits per heavy atom. The van der Waals surface area contributed by atoms with Gasteiger partial charge in [-0.15, -0.1) is 0 Å². The Kier molecular flexibility index (Phi) is 4.71. The molecule has 0 aromatic heterocycles. The van der Waals surface area contributed by atoms with Crippen LogP contribution in [0.5, 0.6) is 0 Å². The molecular formula is C5H12N3O3-. The van der Waals surface area contributed by atoms with Crippen molar-refractivity contribution in [1.82, 2.24) is 10.6 Å². The van der Waals surface area contributed by atoms with Crippen LogP contribution in [0.4, 0.5) is 0 Å². The Labute approximate surface area is 64.5 Å². The van der Waals surface area contributed by atoms with Crippen LogP contribution in [0.3, 0.4) is 0 Å². The van der Waals surface area contributed by atoms with Crippen LogP contribution in [0.2, 0.25) is 0 Å². The summed E-state index contributed by atoms with van der Waals surface area (Å²) in [6.45, 7) is 0.0734. The summed E-state index contributed by atoms with van der Waals surface area (Å²) in [6.07, 6.45) is 0.139. The third-order valence-electron chi connectivity index (χ3n) is 1.21.